The fraction of sp³-hybridized carbons (Fsp3) is 0.689. The normalized spacial score (nSPS) is 12.0. The van der Waals surface area contributed by atoms with Gasteiger partial charge in [-0.25, -0.2) is 0 Å². The van der Waals surface area contributed by atoms with Gasteiger partial charge in [0, 0.05) is 16.5 Å². The van der Waals surface area contributed by atoms with Gasteiger partial charge in [-0.3, -0.25) is 9.98 Å². The molecule has 0 heterocycles. The maximum Gasteiger partial charge on any atom is 0.0636 e. The van der Waals surface area contributed by atoms with Crippen molar-refractivity contribution in [3.63, 3.8) is 0 Å². The van der Waals surface area contributed by atoms with Gasteiger partial charge in [0.2, 0.25) is 0 Å². The van der Waals surface area contributed by atoms with Crippen molar-refractivity contribution in [2.45, 2.75) is 202 Å². The second-order valence-electron chi connectivity index (χ2n) is 14.1. The van der Waals surface area contributed by atoms with Crippen LogP contribution in [-0.2, 0) is 42.2 Å². The van der Waals surface area contributed by atoms with Crippen molar-refractivity contribution in [2.75, 3.05) is 0 Å². The van der Waals surface area contributed by atoms with Crippen molar-refractivity contribution in [2.24, 2.45) is 9.98 Å². The molecular weight excluding hydrogens is 627 g/mol. The van der Waals surface area contributed by atoms with E-state index >= 15 is 0 Å². The van der Waals surface area contributed by atoms with E-state index in [2.05, 4.69) is 77.9 Å². The molecule has 2 aromatic carbocycles. The van der Waals surface area contributed by atoms with E-state index in [-0.39, 0.29) is 16.5 Å². The molecule has 0 saturated heterocycles. The summed E-state index contributed by atoms with van der Waals surface area (Å²) in [5, 5.41) is 0. The van der Waals surface area contributed by atoms with E-state index < -0.39 is 0 Å². The van der Waals surface area contributed by atoms with Gasteiger partial charge in [0.1, 0.15) is 0 Å². The van der Waals surface area contributed by atoms with Crippen LogP contribution in [0.25, 0.3) is 0 Å². The Labute approximate surface area is 308 Å². The van der Waals surface area contributed by atoms with E-state index in [0.29, 0.717) is 0 Å². The van der Waals surface area contributed by atoms with E-state index in [9.17, 15) is 0 Å². The van der Waals surface area contributed by atoms with Gasteiger partial charge in [0.05, 0.1) is 22.8 Å². The topological polar surface area (TPSA) is 24.7 Å². The van der Waals surface area contributed by atoms with Crippen LogP contribution in [0.4, 0.5) is 11.4 Å². The summed E-state index contributed by atoms with van der Waals surface area (Å²) in [5.41, 5.74) is 10.9. The van der Waals surface area contributed by atoms with E-state index in [1.165, 1.54) is 170 Å². The maximum atomic E-state index is 5.49. The summed E-state index contributed by atoms with van der Waals surface area (Å²) < 4.78 is 0. The van der Waals surface area contributed by atoms with Crippen molar-refractivity contribution in [3.05, 3.63) is 58.7 Å². The molecule has 0 atom stereocenters. The number of aryl methyl sites for hydroxylation is 4. The van der Waals surface area contributed by atoms with E-state index in [4.69, 9.17) is 9.98 Å². The van der Waals surface area contributed by atoms with Crippen LogP contribution >= 0.6 is 0 Å². The molecule has 0 N–H and O–H groups in total. The molecule has 0 spiro atoms. The molecule has 2 nitrogen and oxygen atoms in total. The maximum absolute atomic E-state index is 5.49. The van der Waals surface area contributed by atoms with E-state index in [1.54, 1.807) is 11.1 Å². The molecule has 0 amide bonds. The number of unbranched alkanes of at least 4 members (excludes halogenated alkanes) is 13. The number of aliphatic imine (C=N–C) groups is 2. The van der Waals surface area contributed by atoms with Crippen molar-refractivity contribution in [1.82, 2.24) is 0 Å². The first-order chi connectivity index (χ1) is 23.1. The van der Waals surface area contributed by atoms with Gasteiger partial charge in [0.25, 0.3) is 0 Å². The minimum Gasteiger partial charge on any atom is -0.252 e. The molecule has 48 heavy (non-hydrogen) atoms. The first-order valence-electron chi connectivity index (χ1n) is 20.5. The molecule has 274 valence electrons. The number of hydrogen-bond acceptors (Lipinski definition) is 2. The molecule has 3 heteroatoms. The zero-order valence-electron chi connectivity index (χ0n) is 32.4. The minimum atomic E-state index is 0. The zero-order chi connectivity index (χ0) is 34.0. The van der Waals surface area contributed by atoms with Gasteiger partial charge in [-0.05, 0) is 124 Å². The molecule has 0 aliphatic heterocycles. The average Bonchev–Trinajstić information content (AvgIpc) is 3.08. The summed E-state index contributed by atoms with van der Waals surface area (Å²) in [6.07, 6.45) is 30.9. The third kappa shape index (κ3) is 18.3. The molecular formula is C45H74N2Ni. The second kappa shape index (κ2) is 29.0. The first kappa shape index (κ1) is 44.3. The standard InChI is InChI=1S/C45H74N2.Ni/c1-7-13-19-25-31-45(47-43-35-33-39(27-21-15-9-3)41(37-43)29-23-17-11-5)44(30-24-18-12-6)46-42-34-32-38(26-20-14-8-2)40(36-42)28-22-16-10-4;/h32-37H,7-31H2,1-6H3;. The number of benzene rings is 2. The largest absolute Gasteiger partial charge is 0.252 e. The predicted molar refractivity (Wildman–Crippen MR) is 213 cm³/mol. The zero-order valence-corrected chi connectivity index (χ0v) is 33.3. The van der Waals surface area contributed by atoms with Crippen LogP contribution in [0, 0.1) is 0 Å². The molecule has 0 aliphatic carbocycles. The van der Waals surface area contributed by atoms with Crippen LogP contribution in [-0.4, -0.2) is 11.4 Å². The number of rotatable bonds is 28. The van der Waals surface area contributed by atoms with Gasteiger partial charge in [-0.15, -0.1) is 0 Å². The molecule has 2 aromatic rings. The third-order valence-electron chi connectivity index (χ3n) is 9.72. The Morgan fingerprint density at radius 3 is 1.06 bits per heavy atom. The summed E-state index contributed by atoms with van der Waals surface area (Å²) >= 11 is 0. The smallest absolute Gasteiger partial charge is 0.0636 e. The average molecular weight is 702 g/mol. The molecule has 0 saturated carbocycles. The Morgan fingerprint density at radius 2 is 0.688 bits per heavy atom. The van der Waals surface area contributed by atoms with Gasteiger partial charge in [-0.1, -0.05) is 137 Å². The molecule has 0 fully saturated rings. The number of hydrogen-bond donors (Lipinski definition) is 0. The summed E-state index contributed by atoms with van der Waals surface area (Å²) in [6.45, 7) is 13.8. The van der Waals surface area contributed by atoms with Crippen molar-refractivity contribution < 1.29 is 16.5 Å². The Balaban J connectivity index is 0.0000115. The van der Waals surface area contributed by atoms with Crippen LogP contribution in [0.15, 0.2) is 46.4 Å². The molecule has 2 rings (SSSR count). The molecule has 0 bridgehead atoms. The second-order valence-corrected chi connectivity index (χ2v) is 14.1. The predicted octanol–water partition coefficient (Wildman–Crippen LogP) is 15.0. The van der Waals surface area contributed by atoms with E-state index in [1.807, 2.05) is 0 Å². The summed E-state index contributed by atoms with van der Waals surface area (Å²) in [4.78, 5) is 11.0. The van der Waals surface area contributed by atoms with E-state index in [0.717, 1.165) is 24.2 Å². The van der Waals surface area contributed by atoms with Gasteiger partial charge in [-0.2, -0.15) is 0 Å². The summed E-state index contributed by atoms with van der Waals surface area (Å²) in [5.74, 6) is 0. The van der Waals surface area contributed by atoms with Crippen LogP contribution < -0.4 is 0 Å². The van der Waals surface area contributed by atoms with Crippen LogP contribution in [0.2, 0.25) is 0 Å². The van der Waals surface area contributed by atoms with Crippen LogP contribution in [0.5, 0.6) is 0 Å². The van der Waals surface area contributed by atoms with Gasteiger partial charge >= 0.3 is 0 Å². The Hall–Kier alpha value is -1.73. The van der Waals surface area contributed by atoms with Crippen molar-refractivity contribution in [3.8, 4) is 0 Å². The molecule has 0 radical (unpaired) electrons. The Bertz CT molecular complexity index is 1150. The van der Waals surface area contributed by atoms with Crippen molar-refractivity contribution >= 4 is 22.8 Å². The van der Waals surface area contributed by atoms with Gasteiger partial charge in [0.15, 0.2) is 0 Å². The molecule has 0 aromatic heterocycles. The molecule has 0 aliphatic rings. The fourth-order valence-electron chi connectivity index (χ4n) is 6.68. The quantitative estimate of drug-likeness (QED) is 0.0479. The SMILES string of the molecule is CCCCCCC(=Nc1ccc(CCCCC)c(CCCCC)c1)C(CCCCC)=Nc1ccc(CCCCC)c(CCCCC)c1.[Ni]. The van der Waals surface area contributed by atoms with Crippen LogP contribution in [0.1, 0.15) is 199 Å². The third-order valence-corrected chi connectivity index (χ3v) is 9.72. The summed E-state index contributed by atoms with van der Waals surface area (Å²) in [6, 6.07) is 14.3. The Kier molecular flexibility index (Phi) is 26.8. The first-order valence-corrected chi connectivity index (χ1v) is 20.5. The van der Waals surface area contributed by atoms with Crippen LogP contribution in [0.3, 0.4) is 0 Å². The number of nitrogens with zero attached hydrogens (tertiary/aromatic N) is 2. The minimum absolute atomic E-state index is 0. The van der Waals surface area contributed by atoms with Crippen molar-refractivity contribution in [1.29, 1.82) is 0 Å². The fourth-order valence-corrected chi connectivity index (χ4v) is 6.68. The molecule has 0 unspecified atom stereocenters. The Morgan fingerprint density at radius 1 is 0.375 bits per heavy atom. The van der Waals surface area contributed by atoms with Gasteiger partial charge < -0.3 is 0 Å². The summed E-state index contributed by atoms with van der Waals surface area (Å²) in [7, 11) is 0. The monoisotopic (exact) mass is 701 g/mol.